The second-order valence-electron chi connectivity index (χ2n) is 1.82. The second-order valence-corrected chi connectivity index (χ2v) is 2.91. The first kappa shape index (κ1) is 7.06. The fourth-order valence-electron chi connectivity index (χ4n) is 0.575. The van der Waals surface area contributed by atoms with E-state index in [1.54, 1.807) is 11.3 Å². The smallest absolute Gasteiger partial charge is 0.0440 e. The zero-order chi connectivity index (χ0) is 6.69. The molecule has 1 nitrogen and oxygen atoms in total. The van der Waals surface area contributed by atoms with Gasteiger partial charge in [-0.3, -0.25) is 0 Å². The number of nitrogens with two attached hydrogens (primary N) is 1. The predicted molar refractivity (Wildman–Crippen MR) is 42.0 cm³/mol. The van der Waals surface area contributed by atoms with E-state index in [9.17, 15) is 0 Å². The van der Waals surface area contributed by atoms with Crippen LogP contribution in [0.4, 0.5) is 0 Å². The Morgan fingerprint density at radius 2 is 2.56 bits per heavy atom. The molecule has 2 N–H and O–H groups in total. The lowest BCUT2D eigenvalue weighted by Crippen LogP contribution is -2.09. The van der Waals surface area contributed by atoms with Crippen LogP contribution in [-0.4, -0.2) is 5.88 Å². The van der Waals surface area contributed by atoms with Crippen LogP contribution in [0.5, 0.6) is 0 Å². The van der Waals surface area contributed by atoms with Gasteiger partial charge < -0.3 is 5.73 Å². The standard InChI is InChI=1S/C6H8ClNS/c7-3-6(8)5-1-2-9-4-5/h1-2,4,6H,3,8H2. The van der Waals surface area contributed by atoms with Crippen molar-refractivity contribution >= 4 is 22.9 Å². The van der Waals surface area contributed by atoms with E-state index in [-0.39, 0.29) is 6.04 Å². The number of thiophene rings is 1. The molecule has 0 radical (unpaired) electrons. The summed E-state index contributed by atoms with van der Waals surface area (Å²) >= 11 is 7.17. The summed E-state index contributed by atoms with van der Waals surface area (Å²) in [4.78, 5) is 0. The van der Waals surface area contributed by atoms with Gasteiger partial charge in [-0.25, -0.2) is 0 Å². The number of halogens is 1. The molecule has 0 aliphatic rings. The number of alkyl halides is 1. The van der Waals surface area contributed by atoms with E-state index in [1.807, 2.05) is 16.8 Å². The van der Waals surface area contributed by atoms with E-state index < -0.39 is 0 Å². The third kappa shape index (κ3) is 1.68. The molecule has 0 saturated carbocycles. The van der Waals surface area contributed by atoms with Crippen molar-refractivity contribution in [1.82, 2.24) is 0 Å². The van der Waals surface area contributed by atoms with Gasteiger partial charge in [0, 0.05) is 11.9 Å². The Bertz CT molecular complexity index is 162. The molecule has 1 heterocycles. The third-order valence-corrected chi connectivity index (χ3v) is 2.17. The van der Waals surface area contributed by atoms with E-state index in [0.717, 1.165) is 5.56 Å². The second kappa shape index (κ2) is 3.20. The SMILES string of the molecule is NC(CCl)c1ccsc1. The molecule has 3 heteroatoms. The maximum absolute atomic E-state index is 5.61. The van der Waals surface area contributed by atoms with Crippen molar-refractivity contribution in [3.8, 4) is 0 Å². The topological polar surface area (TPSA) is 26.0 Å². The molecular weight excluding hydrogens is 154 g/mol. The average molecular weight is 162 g/mol. The zero-order valence-electron chi connectivity index (χ0n) is 4.88. The van der Waals surface area contributed by atoms with Gasteiger partial charge in [-0.15, -0.1) is 11.6 Å². The molecule has 1 unspecified atom stereocenters. The van der Waals surface area contributed by atoms with Gasteiger partial charge >= 0.3 is 0 Å². The lowest BCUT2D eigenvalue weighted by molar-refractivity contribution is 0.831. The predicted octanol–water partition coefficient (Wildman–Crippen LogP) is 1.99. The van der Waals surface area contributed by atoms with Crippen molar-refractivity contribution in [2.45, 2.75) is 6.04 Å². The zero-order valence-corrected chi connectivity index (χ0v) is 6.45. The van der Waals surface area contributed by atoms with Gasteiger partial charge in [0.15, 0.2) is 0 Å². The van der Waals surface area contributed by atoms with Crippen molar-refractivity contribution in [2.75, 3.05) is 5.88 Å². The Balaban J connectivity index is 2.65. The minimum Gasteiger partial charge on any atom is -0.323 e. The molecule has 1 atom stereocenters. The summed E-state index contributed by atoms with van der Waals surface area (Å²) in [5.41, 5.74) is 6.75. The van der Waals surface area contributed by atoms with Gasteiger partial charge in [0.1, 0.15) is 0 Å². The molecule has 50 valence electrons. The summed E-state index contributed by atoms with van der Waals surface area (Å²) in [6, 6.07) is 2.01. The first-order valence-corrected chi connectivity index (χ1v) is 4.16. The molecule has 1 aromatic heterocycles. The molecule has 9 heavy (non-hydrogen) atoms. The van der Waals surface area contributed by atoms with Crippen molar-refractivity contribution < 1.29 is 0 Å². The summed E-state index contributed by atoms with van der Waals surface area (Å²) in [7, 11) is 0. The highest BCUT2D eigenvalue weighted by atomic mass is 35.5. The van der Waals surface area contributed by atoms with Crippen LogP contribution in [0.15, 0.2) is 16.8 Å². The number of hydrogen-bond acceptors (Lipinski definition) is 2. The number of hydrogen-bond donors (Lipinski definition) is 1. The highest BCUT2D eigenvalue weighted by Crippen LogP contribution is 2.14. The van der Waals surface area contributed by atoms with E-state index in [0.29, 0.717) is 5.88 Å². The summed E-state index contributed by atoms with van der Waals surface area (Å²) in [6.45, 7) is 0. The Kier molecular flexibility index (Phi) is 2.51. The van der Waals surface area contributed by atoms with Crippen LogP contribution in [0, 0.1) is 0 Å². The minimum absolute atomic E-state index is 0.0120. The summed E-state index contributed by atoms with van der Waals surface area (Å²) in [5.74, 6) is 0.497. The van der Waals surface area contributed by atoms with Gasteiger partial charge in [-0.1, -0.05) is 0 Å². The minimum atomic E-state index is 0.0120. The molecule has 0 aromatic carbocycles. The van der Waals surface area contributed by atoms with E-state index in [4.69, 9.17) is 17.3 Å². The lowest BCUT2D eigenvalue weighted by Gasteiger charge is -2.01. The van der Waals surface area contributed by atoms with Gasteiger partial charge in [-0.2, -0.15) is 11.3 Å². The normalized spacial score (nSPS) is 13.6. The Morgan fingerprint density at radius 3 is 3.00 bits per heavy atom. The van der Waals surface area contributed by atoms with Crippen molar-refractivity contribution in [3.63, 3.8) is 0 Å². The quantitative estimate of drug-likeness (QED) is 0.660. The lowest BCUT2D eigenvalue weighted by atomic mass is 10.2. The molecule has 0 aliphatic heterocycles. The van der Waals surface area contributed by atoms with Crippen LogP contribution in [0.1, 0.15) is 11.6 Å². The summed E-state index contributed by atoms with van der Waals surface area (Å²) < 4.78 is 0. The van der Waals surface area contributed by atoms with Gasteiger partial charge in [0.2, 0.25) is 0 Å². The molecule has 0 fully saturated rings. The largest absolute Gasteiger partial charge is 0.323 e. The average Bonchev–Trinajstić information content (AvgIpc) is 2.37. The molecule has 0 saturated heterocycles. The fourth-order valence-corrected chi connectivity index (χ4v) is 1.48. The Morgan fingerprint density at radius 1 is 1.78 bits per heavy atom. The fraction of sp³-hybridized carbons (Fsp3) is 0.333. The van der Waals surface area contributed by atoms with Gasteiger partial charge in [0.05, 0.1) is 0 Å². The maximum atomic E-state index is 5.61. The molecule has 0 aliphatic carbocycles. The van der Waals surface area contributed by atoms with Crippen LogP contribution in [0.25, 0.3) is 0 Å². The van der Waals surface area contributed by atoms with E-state index in [1.165, 1.54) is 0 Å². The highest BCUT2D eigenvalue weighted by molar-refractivity contribution is 7.07. The molecule has 1 rings (SSSR count). The van der Waals surface area contributed by atoms with Crippen LogP contribution in [0.3, 0.4) is 0 Å². The molecule has 0 bridgehead atoms. The van der Waals surface area contributed by atoms with Crippen LogP contribution in [0.2, 0.25) is 0 Å². The molecular formula is C6H8ClNS. The third-order valence-electron chi connectivity index (χ3n) is 1.14. The Labute approximate surface area is 63.4 Å². The van der Waals surface area contributed by atoms with Crippen LogP contribution < -0.4 is 5.73 Å². The van der Waals surface area contributed by atoms with Gasteiger partial charge in [0.25, 0.3) is 0 Å². The Hall–Kier alpha value is -0.0500. The van der Waals surface area contributed by atoms with E-state index >= 15 is 0 Å². The molecule has 0 spiro atoms. The van der Waals surface area contributed by atoms with E-state index in [2.05, 4.69) is 0 Å². The summed E-state index contributed by atoms with van der Waals surface area (Å²) in [5, 5.41) is 4.02. The highest BCUT2D eigenvalue weighted by Gasteiger charge is 2.01. The number of rotatable bonds is 2. The monoisotopic (exact) mass is 161 g/mol. The van der Waals surface area contributed by atoms with Crippen LogP contribution in [-0.2, 0) is 0 Å². The van der Waals surface area contributed by atoms with Crippen molar-refractivity contribution in [3.05, 3.63) is 22.4 Å². The molecule has 1 aromatic rings. The molecule has 0 amide bonds. The maximum Gasteiger partial charge on any atom is 0.0440 e. The van der Waals surface area contributed by atoms with Crippen molar-refractivity contribution in [2.24, 2.45) is 5.73 Å². The first-order valence-electron chi connectivity index (χ1n) is 2.68. The van der Waals surface area contributed by atoms with Gasteiger partial charge in [-0.05, 0) is 22.4 Å². The first-order chi connectivity index (χ1) is 4.34. The van der Waals surface area contributed by atoms with Crippen LogP contribution >= 0.6 is 22.9 Å². The van der Waals surface area contributed by atoms with Crippen molar-refractivity contribution in [1.29, 1.82) is 0 Å². The summed E-state index contributed by atoms with van der Waals surface area (Å²) in [6.07, 6.45) is 0.